The highest BCUT2D eigenvalue weighted by atomic mass is 16.8. The van der Waals surface area contributed by atoms with Crippen molar-refractivity contribution in [2.75, 3.05) is 33.0 Å². The molecule has 6 saturated heterocycles. The van der Waals surface area contributed by atoms with E-state index < -0.39 is 211 Å². The zero-order valence-corrected chi connectivity index (χ0v) is 33.2. The van der Waals surface area contributed by atoms with E-state index in [-0.39, 0.29) is 0 Å². The number of aliphatic carboxylic acids is 1. The lowest BCUT2D eigenvalue weighted by Gasteiger charge is -2.51. The molecule has 0 aromatic rings. The molecule has 0 saturated carbocycles. The molecule has 0 aliphatic carbocycles. The maximum atomic E-state index is 11.8. The molecular formula is C34H56O30. The van der Waals surface area contributed by atoms with Gasteiger partial charge in [-0.2, -0.15) is 0 Å². The fraction of sp³-hybridized carbons (Fsp3) is 0.971. The van der Waals surface area contributed by atoms with Gasteiger partial charge >= 0.3 is 5.97 Å². The van der Waals surface area contributed by atoms with Crippen LogP contribution >= 0.6 is 0 Å². The molecule has 6 fully saturated rings. The van der Waals surface area contributed by atoms with Crippen LogP contribution in [-0.2, 0) is 56.9 Å². The van der Waals surface area contributed by atoms with Crippen molar-refractivity contribution >= 4 is 5.97 Å². The van der Waals surface area contributed by atoms with Gasteiger partial charge in [0.2, 0.25) is 0 Å². The van der Waals surface area contributed by atoms with Crippen molar-refractivity contribution in [3.05, 3.63) is 0 Å². The summed E-state index contributed by atoms with van der Waals surface area (Å²) in [7, 11) is 0. The van der Waals surface area contributed by atoms with Crippen molar-refractivity contribution < 1.29 is 149 Å². The molecule has 30 nitrogen and oxygen atoms in total. The molecule has 0 aromatic carbocycles. The van der Waals surface area contributed by atoms with Crippen LogP contribution in [0.4, 0.5) is 0 Å². The number of hydrogen-bond donors (Lipinski definition) is 18. The Morgan fingerprint density at radius 3 is 1.30 bits per heavy atom. The summed E-state index contributed by atoms with van der Waals surface area (Å²) < 4.78 is 61.9. The summed E-state index contributed by atoms with van der Waals surface area (Å²) >= 11 is 0. The molecule has 6 rings (SSSR count). The number of carboxylic acids is 1. The number of aliphatic hydroxyl groups is 17. The van der Waals surface area contributed by atoms with Crippen LogP contribution in [0, 0.1) is 0 Å². The molecular weight excluding hydrogens is 888 g/mol. The standard InChI is InChI=1S/C34H56O30/c35-1-8-13(42)17(46)25(62-32-21(50)16(45)18(47)24(61-32)28(51)52)33(57-8)60-23-15(44)10(3-37)58-34(27(23)64-31-20(49)12(41)7(39)5-55-31)59-22-14(43)9(2-36)56-29(53)26(22)63-30-19(48)11(40)6(38)4-54-30/h6-27,29-50,53H,1-5H2,(H,51,52)/t6-,7-,8-,9-,10-,11+,12+,13-,14-,15-,16+,17+,18+,19-,20-,21-,22+,23+,24+,25+,26+,27+,29+,30+,31+,32+,33-,34-/m1/s1. The van der Waals surface area contributed by atoms with Gasteiger partial charge in [-0.25, -0.2) is 4.79 Å². The molecule has 6 aliphatic rings. The van der Waals surface area contributed by atoms with Crippen LogP contribution in [0.1, 0.15) is 0 Å². The zero-order valence-electron chi connectivity index (χ0n) is 33.2. The third-order valence-electron chi connectivity index (χ3n) is 11.6. The predicted molar refractivity (Wildman–Crippen MR) is 188 cm³/mol. The highest BCUT2D eigenvalue weighted by Crippen LogP contribution is 2.38. The lowest BCUT2D eigenvalue weighted by Crippen LogP contribution is -2.69. The molecule has 18 N–H and O–H groups in total. The largest absolute Gasteiger partial charge is 0.479 e. The van der Waals surface area contributed by atoms with Gasteiger partial charge in [0.1, 0.15) is 128 Å². The van der Waals surface area contributed by atoms with Gasteiger partial charge in [0, 0.05) is 0 Å². The molecule has 0 unspecified atom stereocenters. The Hall–Kier alpha value is -1.65. The van der Waals surface area contributed by atoms with Gasteiger partial charge in [-0.3, -0.25) is 0 Å². The normalized spacial score (nSPS) is 52.9. The number of aliphatic hydroxyl groups excluding tert-OH is 17. The molecule has 6 heterocycles. The quantitative estimate of drug-likeness (QED) is 0.0769. The van der Waals surface area contributed by atoms with Crippen LogP contribution in [0.15, 0.2) is 0 Å². The zero-order chi connectivity index (χ0) is 47.1. The fourth-order valence-corrected chi connectivity index (χ4v) is 7.86. The predicted octanol–water partition coefficient (Wildman–Crippen LogP) is -12.7. The van der Waals surface area contributed by atoms with Crippen molar-refractivity contribution in [1.29, 1.82) is 0 Å². The SMILES string of the molecule is O=C(O)[C@H]1O[C@@H](O[C@@H]2[C@@H](O[C@H]3[C@H](O)[C@@H](CO)O[C@H](O[C@H]4[C@H](O)[C@@H](CO)O[C@H](O)[C@H]4O[C@@H]4OC[C@@H](O)[C@H](O)[C@H]4O)[C@H]3O[C@@H]3OC[C@@H](O)[C@H](O)[C@H]3O)O[C@H](CO)[C@@H](O)[C@@H]2O)[C@H](O)[C@@H](O)[C@@H]1O. The molecule has 372 valence electrons. The minimum absolute atomic E-state index is 0.605. The second kappa shape index (κ2) is 21.8. The Morgan fingerprint density at radius 2 is 0.797 bits per heavy atom. The first-order valence-electron chi connectivity index (χ1n) is 19.9. The maximum absolute atomic E-state index is 11.8. The van der Waals surface area contributed by atoms with Crippen LogP contribution in [0.25, 0.3) is 0 Å². The summed E-state index contributed by atoms with van der Waals surface area (Å²) in [5.41, 5.74) is 0. The first-order valence-corrected chi connectivity index (χ1v) is 19.9. The molecule has 64 heavy (non-hydrogen) atoms. The first-order chi connectivity index (χ1) is 30.2. The van der Waals surface area contributed by atoms with E-state index in [4.69, 9.17) is 52.1 Å². The van der Waals surface area contributed by atoms with Crippen LogP contribution in [0.2, 0.25) is 0 Å². The lowest BCUT2D eigenvalue weighted by molar-refractivity contribution is -0.414. The van der Waals surface area contributed by atoms with Gasteiger partial charge < -0.3 is 144 Å². The molecule has 30 heteroatoms. The number of ether oxygens (including phenoxy) is 11. The van der Waals surface area contributed by atoms with E-state index in [9.17, 15) is 96.7 Å². The molecule has 28 atom stereocenters. The van der Waals surface area contributed by atoms with Crippen LogP contribution in [0.5, 0.6) is 0 Å². The van der Waals surface area contributed by atoms with E-state index in [0.29, 0.717) is 0 Å². The molecule has 0 spiro atoms. The van der Waals surface area contributed by atoms with Crippen molar-refractivity contribution in [3.8, 4) is 0 Å². The van der Waals surface area contributed by atoms with Gasteiger partial charge in [-0.1, -0.05) is 0 Å². The minimum atomic E-state index is -2.26. The van der Waals surface area contributed by atoms with Crippen LogP contribution < -0.4 is 0 Å². The Labute approximate surface area is 359 Å². The molecule has 0 amide bonds. The molecule has 0 aromatic heterocycles. The molecule has 6 aliphatic heterocycles. The Kier molecular flexibility index (Phi) is 17.6. The maximum Gasteiger partial charge on any atom is 0.335 e. The smallest absolute Gasteiger partial charge is 0.335 e. The summed E-state index contributed by atoms with van der Waals surface area (Å²) in [5.74, 6) is -1.84. The molecule has 0 radical (unpaired) electrons. The topological polar surface area (TPSA) is 483 Å². The summed E-state index contributed by atoms with van der Waals surface area (Å²) in [6, 6.07) is 0. The van der Waals surface area contributed by atoms with Crippen molar-refractivity contribution in [2.24, 2.45) is 0 Å². The fourth-order valence-electron chi connectivity index (χ4n) is 7.86. The number of carboxylic acid groups (broad SMARTS) is 1. The van der Waals surface area contributed by atoms with Gasteiger partial charge in [-0.15, -0.1) is 0 Å². The number of rotatable bonds is 14. The lowest BCUT2D eigenvalue weighted by atomic mass is 9.95. The summed E-state index contributed by atoms with van der Waals surface area (Å²) in [6.07, 6.45) is -57.1. The second-order valence-corrected chi connectivity index (χ2v) is 15.9. The van der Waals surface area contributed by atoms with Gasteiger partial charge in [-0.05, 0) is 0 Å². The van der Waals surface area contributed by atoms with E-state index >= 15 is 0 Å². The van der Waals surface area contributed by atoms with Crippen LogP contribution in [0.3, 0.4) is 0 Å². The van der Waals surface area contributed by atoms with E-state index in [2.05, 4.69) is 0 Å². The Balaban J connectivity index is 1.37. The van der Waals surface area contributed by atoms with Crippen molar-refractivity contribution in [2.45, 2.75) is 172 Å². The second-order valence-electron chi connectivity index (χ2n) is 15.9. The van der Waals surface area contributed by atoms with E-state index in [1.165, 1.54) is 0 Å². The monoisotopic (exact) mass is 944 g/mol. The van der Waals surface area contributed by atoms with Gasteiger partial charge in [0.15, 0.2) is 43.8 Å². The Bertz CT molecular complexity index is 1490. The third-order valence-corrected chi connectivity index (χ3v) is 11.6. The summed E-state index contributed by atoms with van der Waals surface area (Å²) in [5, 5.41) is 190. The van der Waals surface area contributed by atoms with Crippen molar-refractivity contribution in [3.63, 3.8) is 0 Å². The summed E-state index contributed by atoms with van der Waals surface area (Å²) in [6.45, 7) is -4.43. The summed E-state index contributed by atoms with van der Waals surface area (Å²) in [4.78, 5) is 11.8. The van der Waals surface area contributed by atoms with E-state index in [1.807, 2.05) is 0 Å². The van der Waals surface area contributed by atoms with E-state index in [0.717, 1.165) is 0 Å². The average Bonchev–Trinajstić information content (AvgIpc) is 3.26. The highest BCUT2D eigenvalue weighted by Gasteiger charge is 2.58. The van der Waals surface area contributed by atoms with Crippen LogP contribution in [-0.4, -0.2) is 303 Å². The van der Waals surface area contributed by atoms with Gasteiger partial charge in [0.25, 0.3) is 0 Å². The highest BCUT2D eigenvalue weighted by molar-refractivity contribution is 5.73. The number of carbonyl (C=O) groups is 1. The van der Waals surface area contributed by atoms with E-state index in [1.54, 1.807) is 0 Å². The van der Waals surface area contributed by atoms with Gasteiger partial charge in [0.05, 0.1) is 33.0 Å². The van der Waals surface area contributed by atoms with Crippen molar-refractivity contribution in [1.82, 2.24) is 0 Å². The third kappa shape index (κ3) is 10.5. The molecule has 0 bridgehead atoms. The average molecular weight is 945 g/mol. The Morgan fingerprint density at radius 1 is 0.391 bits per heavy atom. The first kappa shape index (κ1) is 51.7. The number of hydrogen-bond acceptors (Lipinski definition) is 29. The minimum Gasteiger partial charge on any atom is -0.479 e.